The first-order valence-corrected chi connectivity index (χ1v) is 8.98. The molecular formula is C20H32. The molecule has 1 aromatic rings. The van der Waals surface area contributed by atoms with Gasteiger partial charge in [0.15, 0.2) is 0 Å². The minimum absolute atomic E-state index is 1.31. The van der Waals surface area contributed by atoms with E-state index in [9.17, 15) is 0 Å². The smallest absolute Gasteiger partial charge is 0.0276 e. The summed E-state index contributed by atoms with van der Waals surface area (Å²) in [6.07, 6.45) is 16.2. The zero-order valence-corrected chi connectivity index (χ0v) is 13.6. The van der Waals surface area contributed by atoms with Gasteiger partial charge < -0.3 is 0 Å². The van der Waals surface area contributed by atoms with Crippen molar-refractivity contribution < 1.29 is 0 Å². The third kappa shape index (κ3) is 4.36. The van der Waals surface area contributed by atoms with Gasteiger partial charge in [-0.2, -0.15) is 0 Å². The molecule has 112 valence electrons. The van der Waals surface area contributed by atoms with E-state index in [2.05, 4.69) is 26.0 Å². The lowest BCUT2D eigenvalue weighted by Crippen LogP contribution is -2.06. The van der Waals surface area contributed by atoms with Gasteiger partial charge in [-0.15, -0.1) is 0 Å². The Morgan fingerprint density at radius 2 is 1.15 bits per heavy atom. The van der Waals surface area contributed by atoms with Crippen LogP contribution in [0.1, 0.15) is 87.5 Å². The monoisotopic (exact) mass is 272 g/mol. The summed E-state index contributed by atoms with van der Waals surface area (Å²) < 4.78 is 0. The summed E-state index contributed by atoms with van der Waals surface area (Å²) in [5, 5.41) is 0. The average Bonchev–Trinajstić information content (AvgIpc) is 2.48. The Bertz CT molecular complexity index is 364. The Kier molecular flexibility index (Phi) is 6.63. The molecule has 0 radical (unpaired) electrons. The molecule has 0 saturated carbocycles. The molecule has 2 rings (SSSR count). The molecule has 1 aliphatic rings. The summed E-state index contributed by atoms with van der Waals surface area (Å²) in [6.45, 7) is 4.60. The molecule has 0 aliphatic heterocycles. The van der Waals surface area contributed by atoms with E-state index in [0.717, 1.165) is 0 Å². The summed E-state index contributed by atoms with van der Waals surface area (Å²) in [5.41, 5.74) is 6.69. The molecule has 0 atom stereocenters. The summed E-state index contributed by atoms with van der Waals surface area (Å²) in [7, 11) is 0. The fourth-order valence-electron chi connectivity index (χ4n) is 3.48. The van der Waals surface area contributed by atoms with Crippen molar-refractivity contribution in [2.24, 2.45) is 0 Å². The van der Waals surface area contributed by atoms with Gasteiger partial charge in [-0.05, 0) is 73.6 Å². The van der Waals surface area contributed by atoms with Crippen LogP contribution in [0.15, 0.2) is 12.1 Å². The van der Waals surface area contributed by atoms with Crippen molar-refractivity contribution in [1.82, 2.24) is 0 Å². The molecule has 20 heavy (non-hydrogen) atoms. The summed E-state index contributed by atoms with van der Waals surface area (Å²) in [6, 6.07) is 5.15. The van der Waals surface area contributed by atoms with Gasteiger partial charge in [0.2, 0.25) is 0 Å². The number of hydrogen-bond acceptors (Lipinski definition) is 0. The van der Waals surface area contributed by atoms with Crippen molar-refractivity contribution in [1.29, 1.82) is 0 Å². The summed E-state index contributed by atoms with van der Waals surface area (Å²) in [5.74, 6) is 0. The molecule has 0 amide bonds. The fourth-order valence-corrected chi connectivity index (χ4v) is 3.48. The van der Waals surface area contributed by atoms with Gasteiger partial charge in [-0.3, -0.25) is 0 Å². The highest BCUT2D eigenvalue weighted by Gasteiger charge is 2.13. The Morgan fingerprint density at radius 1 is 0.700 bits per heavy atom. The van der Waals surface area contributed by atoms with E-state index < -0.39 is 0 Å². The Balaban J connectivity index is 2.11. The van der Waals surface area contributed by atoms with Gasteiger partial charge in [-0.25, -0.2) is 0 Å². The number of aryl methyl sites for hydroxylation is 4. The van der Waals surface area contributed by atoms with Crippen molar-refractivity contribution in [3.63, 3.8) is 0 Å². The van der Waals surface area contributed by atoms with Crippen LogP contribution in [0.5, 0.6) is 0 Å². The van der Waals surface area contributed by atoms with Crippen molar-refractivity contribution in [2.75, 3.05) is 0 Å². The molecule has 0 heterocycles. The maximum atomic E-state index is 2.57. The Morgan fingerprint density at radius 3 is 1.55 bits per heavy atom. The predicted molar refractivity (Wildman–Crippen MR) is 89.5 cm³/mol. The van der Waals surface area contributed by atoms with Crippen molar-refractivity contribution in [3.05, 3.63) is 34.4 Å². The molecule has 0 unspecified atom stereocenters. The highest BCUT2D eigenvalue weighted by molar-refractivity contribution is 5.40. The molecule has 0 fully saturated rings. The van der Waals surface area contributed by atoms with E-state index in [1.165, 1.54) is 77.0 Å². The van der Waals surface area contributed by atoms with E-state index >= 15 is 0 Å². The molecule has 1 aromatic carbocycles. The number of rotatable bonds is 8. The SMILES string of the molecule is CCCCCc1cc2c(cc1CCCCC)CCCC2. The van der Waals surface area contributed by atoms with Crippen LogP contribution in [0.4, 0.5) is 0 Å². The second kappa shape index (κ2) is 8.49. The number of benzene rings is 1. The van der Waals surface area contributed by atoms with Crippen molar-refractivity contribution in [3.8, 4) is 0 Å². The highest BCUT2D eigenvalue weighted by Crippen LogP contribution is 2.27. The molecule has 0 bridgehead atoms. The van der Waals surface area contributed by atoms with Gasteiger partial charge in [0.25, 0.3) is 0 Å². The van der Waals surface area contributed by atoms with Crippen LogP contribution in [-0.2, 0) is 25.7 Å². The fraction of sp³-hybridized carbons (Fsp3) is 0.700. The first-order valence-electron chi connectivity index (χ1n) is 8.98. The van der Waals surface area contributed by atoms with Crippen molar-refractivity contribution >= 4 is 0 Å². The van der Waals surface area contributed by atoms with E-state index in [0.29, 0.717) is 0 Å². The molecule has 1 aliphatic carbocycles. The number of unbranched alkanes of at least 4 members (excludes halogenated alkanes) is 4. The maximum absolute atomic E-state index is 2.57. The van der Waals surface area contributed by atoms with Crippen molar-refractivity contribution in [2.45, 2.75) is 90.9 Å². The van der Waals surface area contributed by atoms with Gasteiger partial charge >= 0.3 is 0 Å². The zero-order valence-electron chi connectivity index (χ0n) is 13.6. The largest absolute Gasteiger partial charge is 0.0654 e. The lowest BCUT2D eigenvalue weighted by molar-refractivity contribution is 0.668. The van der Waals surface area contributed by atoms with Crippen LogP contribution < -0.4 is 0 Å². The first kappa shape index (κ1) is 15.6. The molecule has 0 spiro atoms. The Hall–Kier alpha value is -0.780. The van der Waals surface area contributed by atoms with Crippen LogP contribution in [0.25, 0.3) is 0 Å². The van der Waals surface area contributed by atoms with Crippen LogP contribution in [0.3, 0.4) is 0 Å². The predicted octanol–water partition coefficient (Wildman–Crippen LogP) is 6.03. The third-order valence-electron chi connectivity index (χ3n) is 4.76. The Labute approximate surface area is 126 Å². The summed E-state index contributed by atoms with van der Waals surface area (Å²) in [4.78, 5) is 0. The second-order valence-electron chi connectivity index (χ2n) is 6.51. The summed E-state index contributed by atoms with van der Waals surface area (Å²) >= 11 is 0. The topological polar surface area (TPSA) is 0 Å². The van der Waals surface area contributed by atoms with Crippen LogP contribution >= 0.6 is 0 Å². The van der Waals surface area contributed by atoms with E-state index in [1.54, 1.807) is 22.3 Å². The van der Waals surface area contributed by atoms with Gasteiger partial charge in [0, 0.05) is 0 Å². The second-order valence-corrected chi connectivity index (χ2v) is 6.51. The lowest BCUT2D eigenvalue weighted by Gasteiger charge is -2.20. The quantitative estimate of drug-likeness (QED) is 0.507. The van der Waals surface area contributed by atoms with Gasteiger partial charge in [0.1, 0.15) is 0 Å². The molecular weight excluding hydrogens is 240 g/mol. The van der Waals surface area contributed by atoms with Crippen LogP contribution in [0, 0.1) is 0 Å². The molecule has 0 nitrogen and oxygen atoms in total. The van der Waals surface area contributed by atoms with E-state index in [1.807, 2.05) is 0 Å². The molecule has 0 saturated heterocycles. The van der Waals surface area contributed by atoms with E-state index in [4.69, 9.17) is 0 Å². The molecule has 0 N–H and O–H groups in total. The average molecular weight is 272 g/mol. The third-order valence-corrected chi connectivity index (χ3v) is 4.76. The van der Waals surface area contributed by atoms with Crippen LogP contribution in [0.2, 0.25) is 0 Å². The minimum atomic E-state index is 1.31. The molecule has 0 aromatic heterocycles. The molecule has 0 heteroatoms. The zero-order chi connectivity index (χ0) is 14.2. The van der Waals surface area contributed by atoms with E-state index in [-0.39, 0.29) is 0 Å². The van der Waals surface area contributed by atoms with Gasteiger partial charge in [-0.1, -0.05) is 51.7 Å². The van der Waals surface area contributed by atoms with Crippen LogP contribution in [-0.4, -0.2) is 0 Å². The maximum Gasteiger partial charge on any atom is -0.0276 e. The highest BCUT2D eigenvalue weighted by atomic mass is 14.2. The first-order chi connectivity index (χ1) is 9.85. The number of fused-ring (bicyclic) bond motifs is 1. The standard InChI is InChI=1S/C20H32/c1-3-5-7-11-17-15-19-13-9-10-14-20(19)16-18(17)12-8-6-4-2/h15-16H,3-14H2,1-2H3. The number of hydrogen-bond donors (Lipinski definition) is 0. The normalized spacial score (nSPS) is 14.3. The lowest BCUT2D eigenvalue weighted by atomic mass is 9.85. The van der Waals surface area contributed by atoms with Gasteiger partial charge in [0.05, 0.1) is 0 Å². The minimum Gasteiger partial charge on any atom is -0.0654 e.